The molecule has 2 aliphatic rings. The molecule has 4 nitrogen and oxygen atoms in total. The Kier molecular flexibility index (Phi) is 6.31. The molecule has 134 valence electrons. The molecular weight excluding hydrogens is 316 g/mol. The summed E-state index contributed by atoms with van der Waals surface area (Å²) in [6.07, 6.45) is 1.82. The van der Waals surface area contributed by atoms with E-state index in [1.54, 1.807) is 0 Å². The highest BCUT2D eigenvalue weighted by molar-refractivity contribution is 5.64. The van der Waals surface area contributed by atoms with Crippen LogP contribution in [0.5, 0.6) is 11.5 Å². The molecule has 0 radical (unpaired) electrons. The number of rotatable bonds is 7. The topological polar surface area (TPSA) is 43.5 Å². The van der Waals surface area contributed by atoms with Gasteiger partial charge in [-0.1, -0.05) is 44.5 Å². The molecule has 2 saturated heterocycles. The Hall–Kier alpha value is -2.04. The third-order valence-electron chi connectivity index (χ3n) is 3.72. The molecule has 0 N–H and O–H groups in total. The van der Waals surface area contributed by atoms with Gasteiger partial charge in [-0.2, -0.15) is 0 Å². The molecule has 2 aromatic carbocycles. The van der Waals surface area contributed by atoms with E-state index in [2.05, 4.69) is 38.1 Å². The Morgan fingerprint density at radius 3 is 1.32 bits per heavy atom. The van der Waals surface area contributed by atoms with Gasteiger partial charge in [-0.3, -0.25) is 0 Å². The van der Waals surface area contributed by atoms with Crippen LogP contribution >= 0.6 is 0 Å². The summed E-state index contributed by atoms with van der Waals surface area (Å²) in [5.74, 6) is 1.76. The quantitative estimate of drug-likeness (QED) is 0.703. The maximum atomic E-state index is 5.64. The van der Waals surface area contributed by atoms with Gasteiger partial charge in [0.05, 0.1) is 13.2 Å². The van der Waals surface area contributed by atoms with Crippen molar-refractivity contribution in [2.75, 3.05) is 26.4 Å². The number of benzene rings is 2. The Morgan fingerprint density at radius 2 is 1.04 bits per heavy atom. The number of ether oxygens (including phenoxy) is 4. The molecule has 0 amide bonds. The summed E-state index contributed by atoms with van der Waals surface area (Å²) >= 11 is 0. The Bertz CT molecular complexity index is 570. The van der Waals surface area contributed by atoms with E-state index >= 15 is 0 Å². The zero-order valence-corrected chi connectivity index (χ0v) is 14.9. The van der Waals surface area contributed by atoms with Crippen molar-refractivity contribution < 1.29 is 18.9 Å². The van der Waals surface area contributed by atoms with Gasteiger partial charge in [0.2, 0.25) is 0 Å². The lowest BCUT2D eigenvalue weighted by Gasteiger charge is -2.08. The van der Waals surface area contributed by atoms with Crippen molar-refractivity contribution in [1.29, 1.82) is 0 Å². The summed E-state index contributed by atoms with van der Waals surface area (Å²) in [6.45, 7) is 7.16. The second kappa shape index (κ2) is 8.88. The predicted octanol–water partition coefficient (Wildman–Crippen LogP) is 4.33. The van der Waals surface area contributed by atoms with Gasteiger partial charge in [0.25, 0.3) is 0 Å². The van der Waals surface area contributed by atoms with Crippen molar-refractivity contribution >= 4 is 0 Å². The van der Waals surface area contributed by atoms with Crippen LogP contribution in [0.25, 0.3) is 11.1 Å². The van der Waals surface area contributed by atoms with Gasteiger partial charge in [0.1, 0.15) is 36.9 Å². The van der Waals surface area contributed by atoms with E-state index in [4.69, 9.17) is 18.9 Å². The second-order valence-corrected chi connectivity index (χ2v) is 6.29. The van der Waals surface area contributed by atoms with Gasteiger partial charge in [-0.25, -0.2) is 0 Å². The van der Waals surface area contributed by atoms with Crippen LogP contribution in [0.15, 0.2) is 48.5 Å². The molecule has 2 fully saturated rings. The number of hydrogen-bond acceptors (Lipinski definition) is 4. The first kappa shape index (κ1) is 17.8. The highest BCUT2D eigenvalue weighted by atomic mass is 16.6. The van der Waals surface area contributed by atoms with E-state index in [1.165, 1.54) is 6.42 Å². The first-order valence-electron chi connectivity index (χ1n) is 8.97. The van der Waals surface area contributed by atoms with E-state index in [9.17, 15) is 0 Å². The van der Waals surface area contributed by atoms with Gasteiger partial charge in [0, 0.05) is 0 Å². The SMILES string of the molecule is CCC.c1cc(-c2ccc(OCC3CO3)cc2)ccc1OCC1CO1. The lowest BCUT2D eigenvalue weighted by atomic mass is 10.1. The summed E-state index contributed by atoms with van der Waals surface area (Å²) in [4.78, 5) is 0. The molecule has 2 aromatic rings. The maximum Gasteiger partial charge on any atom is 0.119 e. The van der Waals surface area contributed by atoms with Crippen LogP contribution < -0.4 is 9.47 Å². The highest BCUT2D eigenvalue weighted by Gasteiger charge is 2.23. The van der Waals surface area contributed by atoms with Crippen LogP contribution in [-0.4, -0.2) is 38.6 Å². The van der Waals surface area contributed by atoms with E-state index in [1.807, 2.05) is 24.3 Å². The monoisotopic (exact) mass is 342 g/mol. The molecule has 2 atom stereocenters. The fourth-order valence-electron chi connectivity index (χ4n) is 2.19. The van der Waals surface area contributed by atoms with Crippen LogP contribution in [-0.2, 0) is 9.47 Å². The van der Waals surface area contributed by atoms with E-state index in [-0.39, 0.29) is 12.2 Å². The van der Waals surface area contributed by atoms with Gasteiger partial charge in [-0.15, -0.1) is 0 Å². The lowest BCUT2D eigenvalue weighted by Crippen LogP contribution is -2.03. The normalized spacial score (nSPS) is 20.2. The summed E-state index contributed by atoms with van der Waals surface area (Å²) in [6, 6.07) is 16.2. The number of hydrogen-bond donors (Lipinski definition) is 0. The van der Waals surface area contributed by atoms with Crippen LogP contribution in [0.3, 0.4) is 0 Å². The number of epoxide rings is 2. The van der Waals surface area contributed by atoms with Crippen molar-refractivity contribution in [3.63, 3.8) is 0 Å². The van der Waals surface area contributed by atoms with Crippen molar-refractivity contribution in [2.24, 2.45) is 0 Å². The third kappa shape index (κ3) is 6.07. The molecule has 2 heterocycles. The largest absolute Gasteiger partial charge is 0.491 e. The van der Waals surface area contributed by atoms with E-state index in [0.29, 0.717) is 13.2 Å². The molecule has 25 heavy (non-hydrogen) atoms. The molecule has 2 unspecified atom stereocenters. The fraction of sp³-hybridized carbons (Fsp3) is 0.429. The molecule has 4 rings (SSSR count). The summed E-state index contributed by atoms with van der Waals surface area (Å²) < 4.78 is 21.5. The first-order valence-corrected chi connectivity index (χ1v) is 8.97. The average molecular weight is 342 g/mol. The highest BCUT2D eigenvalue weighted by Crippen LogP contribution is 2.25. The molecule has 0 aliphatic carbocycles. The van der Waals surface area contributed by atoms with Gasteiger partial charge >= 0.3 is 0 Å². The smallest absolute Gasteiger partial charge is 0.119 e. The first-order chi connectivity index (χ1) is 12.3. The van der Waals surface area contributed by atoms with Crippen LogP contribution in [0.4, 0.5) is 0 Å². The Morgan fingerprint density at radius 1 is 0.720 bits per heavy atom. The minimum atomic E-state index is 0.285. The van der Waals surface area contributed by atoms with E-state index in [0.717, 1.165) is 35.8 Å². The molecule has 2 aliphatic heterocycles. The van der Waals surface area contributed by atoms with Gasteiger partial charge < -0.3 is 18.9 Å². The van der Waals surface area contributed by atoms with Crippen LogP contribution in [0, 0.1) is 0 Å². The standard InChI is InChI=1S/C18H18O4.C3H8/c1-5-15(19-9-17-11-21-17)6-2-13(1)14-3-7-16(8-4-14)20-10-18-12-22-18;1-3-2/h1-8,17-18H,9-12H2;3H2,1-2H3. The minimum absolute atomic E-state index is 0.285. The molecule has 0 bridgehead atoms. The van der Waals surface area contributed by atoms with Crippen molar-refractivity contribution in [1.82, 2.24) is 0 Å². The Labute approximate surface area is 149 Å². The predicted molar refractivity (Wildman–Crippen MR) is 98.3 cm³/mol. The zero-order chi connectivity index (χ0) is 17.5. The molecule has 0 saturated carbocycles. The fourth-order valence-corrected chi connectivity index (χ4v) is 2.19. The van der Waals surface area contributed by atoms with E-state index < -0.39 is 0 Å². The second-order valence-electron chi connectivity index (χ2n) is 6.29. The average Bonchev–Trinajstić information content (AvgIpc) is 3.55. The van der Waals surface area contributed by atoms with Crippen molar-refractivity contribution in [3.05, 3.63) is 48.5 Å². The van der Waals surface area contributed by atoms with Crippen molar-refractivity contribution in [3.8, 4) is 22.6 Å². The summed E-state index contributed by atoms with van der Waals surface area (Å²) in [7, 11) is 0. The van der Waals surface area contributed by atoms with Crippen LogP contribution in [0.1, 0.15) is 20.3 Å². The molecule has 4 heteroatoms. The molecular formula is C21H26O4. The van der Waals surface area contributed by atoms with Crippen molar-refractivity contribution in [2.45, 2.75) is 32.5 Å². The summed E-state index contributed by atoms with van der Waals surface area (Å²) in [5, 5.41) is 0. The van der Waals surface area contributed by atoms with Crippen LogP contribution in [0.2, 0.25) is 0 Å². The Balaban J connectivity index is 0.000000569. The molecule has 0 aromatic heterocycles. The third-order valence-corrected chi connectivity index (χ3v) is 3.72. The maximum absolute atomic E-state index is 5.64. The zero-order valence-electron chi connectivity index (χ0n) is 14.9. The minimum Gasteiger partial charge on any atom is -0.491 e. The van der Waals surface area contributed by atoms with Gasteiger partial charge in [-0.05, 0) is 35.4 Å². The lowest BCUT2D eigenvalue weighted by molar-refractivity contribution is 0.263. The van der Waals surface area contributed by atoms with Gasteiger partial charge in [0.15, 0.2) is 0 Å². The summed E-state index contributed by atoms with van der Waals surface area (Å²) in [5.41, 5.74) is 2.32. The molecule has 0 spiro atoms.